The lowest BCUT2D eigenvalue weighted by Gasteiger charge is -2.09. The SMILES string of the molecule is NC(Cc1ccccc1)C(=O)Cn1cnnn1. The van der Waals surface area contributed by atoms with Gasteiger partial charge in [-0.15, -0.1) is 5.10 Å². The van der Waals surface area contributed by atoms with Crippen molar-refractivity contribution in [3.63, 3.8) is 0 Å². The van der Waals surface area contributed by atoms with Crippen molar-refractivity contribution in [1.82, 2.24) is 20.2 Å². The summed E-state index contributed by atoms with van der Waals surface area (Å²) in [5, 5.41) is 10.5. The van der Waals surface area contributed by atoms with E-state index < -0.39 is 6.04 Å². The zero-order valence-corrected chi connectivity index (χ0v) is 9.23. The van der Waals surface area contributed by atoms with Crippen LogP contribution in [0.2, 0.25) is 0 Å². The Morgan fingerprint density at radius 3 is 2.76 bits per heavy atom. The van der Waals surface area contributed by atoms with Crippen LogP contribution in [-0.4, -0.2) is 32.0 Å². The van der Waals surface area contributed by atoms with Gasteiger partial charge >= 0.3 is 0 Å². The molecule has 1 atom stereocenters. The normalized spacial score (nSPS) is 12.3. The van der Waals surface area contributed by atoms with Gasteiger partial charge in [0.15, 0.2) is 5.78 Å². The first-order valence-corrected chi connectivity index (χ1v) is 5.28. The van der Waals surface area contributed by atoms with Gasteiger partial charge in [0.05, 0.1) is 6.04 Å². The van der Waals surface area contributed by atoms with Gasteiger partial charge < -0.3 is 5.73 Å². The Balaban J connectivity index is 1.92. The van der Waals surface area contributed by atoms with Crippen molar-refractivity contribution >= 4 is 5.78 Å². The number of aromatic nitrogens is 4. The molecule has 6 heteroatoms. The fourth-order valence-corrected chi connectivity index (χ4v) is 1.51. The number of rotatable bonds is 5. The predicted octanol–water partition coefficient (Wildman–Crippen LogP) is -0.188. The minimum absolute atomic E-state index is 0.0823. The van der Waals surface area contributed by atoms with Gasteiger partial charge in [0.25, 0.3) is 0 Å². The maximum absolute atomic E-state index is 11.8. The molecule has 0 amide bonds. The van der Waals surface area contributed by atoms with E-state index >= 15 is 0 Å². The Bertz CT molecular complexity index is 468. The number of ketones is 1. The van der Waals surface area contributed by atoms with Crippen LogP contribution in [0.1, 0.15) is 5.56 Å². The van der Waals surface area contributed by atoms with Gasteiger partial charge in [-0.3, -0.25) is 4.79 Å². The number of hydrogen-bond donors (Lipinski definition) is 1. The number of carbonyl (C=O) groups is 1. The van der Waals surface area contributed by atoms with Crippen LogP contribution >= 0.6 is 0 Å². The highest BCUT2D eigenvalue weighted by molar-refractivity contribution is 5.83. The van der Waals surface area contributed by atoms with E-state index in [-0.39, 0.29) is 12.3 Å². The highest BCUT2D eigenvalue weighted by Gasteiger charge is 2.14. The molecule has 2 rings (SSSR count). The van der Waals surface area contributed by atoms with Crippen LogP contribution in [0, 0.1) is 0 Å². The summed E-state index contributed by atoms with van der Waals surface area (Å²) in [6.07, 6.45) is 1.93. The van der Waals surface area contributed by atoms with E-state index in [4.69, 9.17) is 5.73 Å². The molecule has 1 aromatic heterocycles. The smallest absolute Gasteiger partial charge is 0.171 e. The molecule has 17 heavy (non-hydrogen) atoms. The van der Waals surface area contributed by atoms with Crippen molar-refractivity contribution in [3.8, 4) is 0 Å². The predicted molar refractivity (Wildman–Crippen MR) is 60.9 cm³/mol. The minimum atomic E-state index is -0.526. The molecule has 0 radical (unpaired) electrons. The lowest BCUT2D eigenvalue weighted by Crippen LogP contribution is -2.35. The van der Waals surface area contributed by atoms with E-state index in [1.165, 1.54) is 11.0 Å². The molecule has 1 unspecified atom stereocenters. The van der Waals surface area contributed by atoms with Crippen LogP contribution in [-0.2, 0) is 17.8 Å². The summed E-state index contributed by atoms with van der Waals surface area (Å²) in [5.74, 6) is -0.0823. The Hall–Kier alpha value is -2.08. The fraction of sp³-hybridized carbons (Fsp3) is 0.273. The number of hydrogen-bond acceptors (Lipinski definition) is 5. The molecule has 2 N–H and O–H groups in total. The number of benzene rings is 1. The molecular formula is C11H13N5O. The molecule has 0 aliphatic heterocycles. The molecule has 1 heterocycles. The van der Waals surface area contributed by atoms with Gasteiger partial charge in [0.2, 0.25) is 0 Å². The summed E-state index contributed by atoms with van der Waals surface area (Å²) in [6, 6.07) is 9.15. The molecule has 0 saturated heterocycles. The first kappa shape index (κ1) is 11.4. The molecule has 6 nitrogen and oxygen atoms in total. The summed E-state index contributed by atoms with van der Waals surface area (Å²) in [7, 11) is 0. The second-order valence-electron chi connectivity index (χ2n) is 3.77. The minimum Gasteiger partial charge on any atom is -0.321 e. The molecule has 0 spiro atoms. The van der Waals surface area contributed by atoms with Gasteiger partial charge in [-0.25, -0.2) is 4.68 Å². The van der Waals surface area contributed by atoms with Crippen molar-refractivity contribution in [2.45, 2.75) is 19.0 Å². The molecular weight excluding hydrogens is 218 g/mol. The van der Waals surface area contributed by atoms with Crippen LogP contribution in [0.4, 0.5) is 0 Å². The van der Waals surface area contributed by atoms with Crippen molar-refractivity contribution in [2.75, 3.05) is 0 Å². The average Bonchev–Trinajstić information content (AvgIpc) is 2.83. The maximum atomic E-state index is 11.8. The first-order valence-electron chi connectivity index (χ1n) is 5.28. The Morgan fingerprint density at radius 2 is 2.12 bits per heavy atom. The zero-order valence-electron chi connectivity index (χ0n) is 9.23. The van der Waals surface area contributed by atoms with Crippen LogP contribution < -0.4 is 5.73 Å². The third kappa shape index (κ3) is 3.18. The Kier molecular flexibility index (Phi) is 3.56. The monoisotopic (exact) mass is 231 g/mol. The van der Waals surface area contributed by atoms with E-state index in [1.807, 2.05) is 30.3 Å². The highest BCUT2D eigenvalue weighted by atomic mass is 16.1. The van der Waals surface area contributed by atoms with Crippen molar-refractivity contribution in [3.05, 3.63) is 42.2 Å². The molecule has 0 aliphatic rings. The van der Waals surface area contributed by atoms with Crippen molar-refractivity contribution < 1.29 is 4.79 Å². The molecule has 0 aliphatic carbocycles. The number of Topliss-reactive ketones (excluding diaryl/α,β-unsaturated/α-hetero) is 1. The average molecular weight is 231 g/mol. The lowest BCUT2D eigenvalue weighted by molar-refractivity contribution is -0.121. The van der Waals surface area contributed by atoms with E-state index in [0.717, 1.165) is 5.56 Å². The van der Waals surface area contributed by atoms with E-state index in [1.54, 1.807) is 0 Å². The van der Waals surface area contributed by atoms with Crippen molar-refractivity contribution in [1.29, 1.82) is 0 Å². The lowest BCUT2D eigenvalue weighted by atomic mass is 10.0. The standard InChI is InChI=1S/C11H13N5O/c12-10(6-9-4-2-1-3-5-9)11(17)7-16-8-13-14-15-16/h1-5,8,10H,6-7,12H2. The Labute approximate surface area is 98.4 Å². The van der Waals surface area contributed by atoms with Gasteiger partial charge in [0, 0.05) is 0 Å². The second-order valence-corrected chi connectivity index (χ2v) is 3.77. The van der Waals surface area contributed by atoms with Gasteiger partial charge in [-0.2, -0.15) is 0 Å². The second kappa shape index (κ2) is 5.31. The maximum Gasteiger partial charge on any atom is 0.171 e. The van der Waals surface area contributed by atoms with Gasteiger partial charge in [-0.05, 0) is 22.4 Å². The van der Waals surface area contributed by atoms with E-state index in [2.05, 4.69) is 15.5 Å². The third-order valence-corrected chi connectivity index (χ3v) is 2.42. The van der Waals surface area contributed by atoms with Gasteiger partial charge in [-0.1, -0.05) is 30.3 Å². The quantitative estimate of drug-likeness (QED) is 0.770. The van der Waals surface area contributed by atoms with Crippen molar-refractivity contribution in [2.24, 2.45) is 5.73 Å². The summed E-state index contributed by atoms with van der Waals surface area (Å²) >= 11 is 0. The van der Waals surface area contributed by atoms with Crippen LogP contribution in [0.5, 0.6) is 0 Å². The summed E-state index contributed by atoms with van der Waals surface area (Å²) in [5.41, 5.74) is 6.88. The molecule has 0 saturated carbocycles. The molecule has 2 aromatic rings. The fourth-order valence-electron chi connectivity index (χ4n) is 1.51. The molecule has 88 valence electrons. The summed E-state index contributed by atoms with van der Waals surface area (Å²) < 4.78 is 1.37. The summed E-state index contributed by atoms with van der Waals surface area (Å²) in [4.78, 5) is 11.8. The van der Waals surface area contributed by atoms with E-state index in [0.29, 0.717) is 6.42 Å². The number of nitrogens with zero attached hydrogens (tertiary/aromatic N) is 4. The largest absolute Gasteiger partial charge is 0.321 e. The third-order valence-electron chi connectivity index (χ3n) is 2.42. The molecule has 0 fully saturated rings. The van der Waals surface area contributed by atoms with Gasteiger partial charge in [0.1, 0.15) is 12.9 Å². The highest BCUT2D eigenvalue weighted by Crippen LogP contribution is 2.02. The molecule has 1 aromatic carbocycles. The number of nitrogens with two attached hydrogens (primary N) is 1. The van der Waals surface area contributed by atoms with E-state index in [9.17, 15) is 4.79 Å². The zero-order chi connectivity index (χ0) is 12.1. The van der Waals surface area contributed by atoms with Crippen LogP contribution in [0.3, 0.4) is 0 Å². The van der Waals surface area contributed by atoms with Crippen LogP contribution in [0.15, 0.2) is 36.7 Å². The topological polar surface area (TPSA) is 86.7 Å². The Morgan fingerprint density at radius 1 is 1.35 bits per heavy atom. The number of tetrazole rings is 1. The van der Waals surface area contributed by atoms with Crippen LogP contribution in [0.25, 0.3) is 0 Å². The first-order chi connectivity index (χ1) is 8.25. The number of carbonyl (C=O) groups excluding carboxylic acids is 1. The molecule has 0 bridgehead atoms. The summed E-state index contributed by atoms with van der Waals surface area (Å²) in [6.45, 7) is 0.112.